The minimum Gasteiger partial charge on any atom is -0.292 e. The van der Waals surface area contributed by atoms with Gasteiger partial charge in [-0.3, -0.25) is 9.38 Å². The standard InChI is InChI=1S/C24H13N3S/c1-4-8-20-15(5-1)23-21(28-20)10-9-19-22(23)16-13-25-12-11-14(16)24-26-17-6-2-3-7-18(17)27(19)24/h1-13H. The number of aromatic nitrogens is 3. The van der Waals surface area contributed by atoms with Gasteiger partial charge in [-0.2, -0.15) is 0 Å². The van der Waals surface area contributed by atoms with Gasteiger partial charge in [0.1, 0.15) is 5.65 Å². The van der Waals surface area contributed by atoms with Crippen LogP contribution in [0.25, 0.3) is 58.5 Å². The molecule has 0 radical (unpaired) electrons. The topological polar surface area (TPSA) is 30.2 Å². The monoisotopic (exact) mass is 375 g/mol. The first-order chi connectivity index (χ1) is 13.9. The molecule has 0 N–H and O–H groups in total. The maximum absolute atomic E-state index is 4.96. The lowest BCUT2D eigenvalue weighted by atomic mass is 10.0. The van der Waals surface area contributed by atoms with Crippen LogP contribution in [-0.4, -0.2) is 14.4 Å². The Labute approximate surface area is 163 Å². The summed E-state index contributed by atoms with van der Waals surface area (Å²) in [6.07, 6.45) is 3.85. The number of thiophene rings is 1. The van der Waals surface area contributed by atoms with E-state index in [-0.39, 0.29) is 0 Å². The number of benzene rings is 3. The highest BCUT2D eigenvalue weighted by atomic mass is 32.1. The third kappa shape index (κ3) is 1.69. The number of rotatable bonds is 0. The molecule has 0 bridgehead atoms. The van der Waals surface area contributed by atoms with Gasteiger partial charge in [0.05, 0.1) is 16.6 Å². The zero-order valence-electron chi connectivity index (χ0n) is 14.8. The summed E-state index contributed by atoms with van der Waals surface area (Å²) >= 11 is 1.85. The third-order valence-corrected chi connectivity index (χ3v) is 6.79. The molecule has 0 saturated carbocycles. The minimum absolute atomic E-state index is 0.991. The molecule has 0 atom stereocenters. The Kier molecular flexibility index (Phi) is 2.63. The van der Waals surface area contributed by atoms with Gasteiger partial charge in [0.2, 0.25) is 0 Å². The molecule has 4 heterocycles. The Bertz CT molecular complexity index is 1710. The Morgan fingerprint density at radius 3 is 2.57 bits per heavy atom. The van der Waals surface area contributed by atoms with Crippen LogP contribution in [-0.2, 0) is 0 Å². The Morgan fingerprint density at radius 2 is 1.57 bits per heavy atom. The van der Waals surface area contributed by atoms with E-state index in [1.54, 1.807) is 0 Å². The SMILES string of the molecule is c1ccc2c(c1)nc1c3ccncc3c3c4c(ccc3n21)sc1ccccc14. The molecule has 4 heteroatoms. The van der Waals surface area contributed by atoms with Gasteiger partial charge >= 0.3 is 0 Å². The Balaban J connectivity index is 1.92. The molecule has 7 aromatic rings. The van der Waals surface area contributed by atoms with E-state index in [0.29, 0.717) is 0 Å². The molecule has 3 nitrogen and oxygen atoms in total. The van der Waals surface area contributed by atoms with E-state index >= 15 is 0 Å². The second-order valence-corrected chi connectivity index (χ2v) is 8.20. The summed E-state index contributed by atoms with van der Waals surface area (Å²) in [6, 6.07) is 23.6. The maximum atomic E-state index is 4.96. The van der Waals surface area contributed by atoms with Gasteiger partial charge < -0.3 is 0 Å². The van der Waals surface area contributed by atoms with Gasteiger partial charge in [-0.25, -0.2) is 4.98 Å². The minimum atomic E-state index is 0.991. The van der Waals surface area contributed by atoms with Crippen LogP contribution in [0, 0.1) is 0 Å². The van der Waals surface area contributed by atoms with E-state index < -0.39 is 0 Å². The predicted molar refractivity (Wildman–Crippen MR) is 118 cm³/mol. The smallest absolute Gasteiger partial charge is 0.146 e. The van der Waals surface area contributed by atoms with Crippen molar-refractivity contribution >= 4 is 69.9 Å². The largest absolute Gasteiger partial charge is 0.292 e. The highest BCUT2D eigenvalue weighted by Crippen LogP contribution is 2.42. The fraction of sp³-hybridized carbons (Fsp3) is 0. The Morgan fingerprint density at radius 1 is 0.679 bits per heavy atom. The molecule has 0 amide bonds. The molecule has 0 aliphatic rings. The van der Waals surface area contributed by atoms with Crippen LogP contribution in [0.5, 0.6) is 0 Å². The van der Waals surface area contributed by atoms with Crippen molar-refractivity contribution in [3.63, 3.8) is 0 Å². The van der Waals surface area contributed by atoms with E-state index in [1.165, 1.54) is 31.1 Å². The lowest BCUT2D eigenvalue weighted by Gasteiger charge is -2.10. The molecule has 7 rings (SSSR count). The van der Waals surface area contributed by atoms with Crippen molar-refractivity contribution in [3.05, 3.63) is 79.1 Å². The number of nitrogens with zero attached hydrogens (tertiary/aromatic N) is 3. The van der Waals surface area contributed by atoms with Crippen LogP contribution in [0.3, 0.4) is 0 Å². The summed E-state index contributed by atoms with van der Waals surface area (Å²) in [5.74, 6) is 0. The molecular formula is C24H13N3S. The van der Waals surface area contributed by atoms with Gasteiger partial charge in [0.15, 0.2) is 0 Å². The number of imidazole rings is 1. The van der Waals surface area contributed by atoms with Crippen LogP contribution in [0.4, 0.5) is 0 Å². The van der Waals surface area contributed by atoms with Gasteiger partial charge in [0.25, 0.3) is 0 Å². The maximum Gasteiger partial charge on any atom is 0.146 e. The van der Waals surface area contributed by atoms with Crippen LogP contribution in [0.2, 0.25) is 0 Å². The predicted octanol–water partition coefficient (Wildman–Crippen LogP) is 6.56. The average Bonchev–Trinajstić information content (AvgIpc) is 3.32. The zero-order chi connectivity index (χ0) is 18.2. The fourth-order valence-corrected chi connectivity index (χ4v) is 5.62. The van der Waals surface area contributed by atoms with Crippen LogP contribution >= 0.6 is 11.3 Å². The first kappa shape index (κ1) is 14.5. The lowest BCUT2D eigenvalue weighted by molar-refractivity contribution is 1.30. The fourth-order valence-electron chi connectivity index (χ4n) is 4.50. The highest BCUT2D eigenvalue weighted by molar-refractivity contribution is 7.26. The molecular weight excluding hydrogens is 362 g/mol. The van der Waals surface area contributed by atoms with Crippen LogP contribution < -0.4 is 0 Å². The first-order valence-electron chi connectivity index (χ1n) is 9.27. The van der Waals surface area contributed by atoms with Crippen molar-refractivity contribution in [1.29, 1.82) is 0 Å². The molecule has 0 aliphatic carbocycles. The van der Waals surface area contributed by atoms with E-state index in [2.05, 4.69) is 70.0 Å². The molecule has 0 saturated heterocycles. The number of para-hydroxylation sites is 2. The van der Waals surface area contributed by atoms with Crippen molar-refractivity contribution < 1.29 is 0 Å². The summed E-state index contributed by atoms with van der Waals surface area (Å²) in [6.45, 7) is 0. The van der Waals surface area contributed by atoms with E-state index in [1.807, 2.05) is 29.8 Å². The molecule has 3 aromatic carbocycles. The second-order valence-electron chi connectivity index (χ2n) is 7.11. The first-order valence-corrected chi connectivity index (χ1v) is 10.1. The number of pyridine rings is 2. The molecule has 4 aromatic heterocycles. The Hall–Kier alpha value is -3.50. The van der Waals surface area contributed by atoms with E-state index in [9.17, 15) is 0 Å². The zero-order valence-corrected chi connectivity index (χ0v) is 15.6. The molecule has 0 spiro atoms. The molecule has 0 fully saturated rings. The lowest BCUT2D eigenvalue weighted by Crippen LogP contribution is -1.92. The van der Waals surface area contributed by atoms with E-state index in [0.717, 1.165) is 27.5 Å². The van der Waals surface area contributed by atoms with Crippen LogP contribution in [0.1, 0.15) is 0 Å². The average molecular weight is 375 g/mol. The summed E-state index contributed by atoms with van der Waals surface area (Å²) in [7, 11) is 0. The quantitative estimate of drug-likeness (QED) is 0.281. The van der Waals surface area contributed by atoms with Crippen molar-refractivity contribution in [2.75, 3.05) is 0 Å². The van der Waals surface area contributed by atoms with Crippen molar-refractivity contribution in [2.45, 2.75) is 0 Å². The molecule has 0 aliphatic heterocycles. The second kappa shape index (κ2) is 5.06. The van der Waals surface area contributed by atoms with Gasteiger partial charge in [0, 0.05) is 48.7 Å². The highest BCUT2D eigenvalue weighted by Gasteiger charge is 2.17. The van der Waals surface area contributed by atoms with Gasteiger partial charge in [-0.1, -0.05) is 30.3 Å². The van der Waals surface area contributed by atoms with Crippen LogP contribution in [0.15, 0.2) is 79.1 Å². The van der Waals surface area contributed by atoms with Crippen molar-refractivity contribution in [2.24, 2.45) is 0 Å². The van der Waals surface area contributed by atoms with Gasteiger partial charge in [-0.15, -0.1) is 11.3 Å². The summed E-state index contributed by atoms with van der Waals surface area (Å²) in [5, 5.41) is 6.18. The molecule has 0 unspecified atom stereocenters. The van der Waals surface area contributed by atoms with E-state index in [4.69, 9.17) is 4.98 Å². The molecule has 28 heavy (non-hydrogen) atoms. The summed E-state index contributed by atoms with van der Waals surface area (Å²) in [4.78, 5) is 9.42. The molecule has 130 valence electrons. The number of hydrogen-bond donors (Lipinski definition) is 0. The number of fused-ring (bicyclic) bond motifs is 12. The number of hydrogen-bond acceptors (Lipinski definition) is 3. The summed E-state index contributed by atoms with van der Waals surface area (Å²) in [5.41, 5.74) is 4.33. The third-order valence-electron chi connectivity index (χ3n) is 5.65. The van der Waals surface area contributed by atoms with Crippen molar-refractivity contribution in [3.8, 4) is 0 Å². The summed E-state index contributed by atoms with van der Waals surface area (Å²) < 4.78 is 4.93. The normalized spacial score (nSPS) is 12.3. The van der Waals surface area contributed by atoms with Crippen molar-refractivity contribution in [1.82, 2.24) is 14.4 Å². The van der Waals surface area contributed by atoms with Gasteiger partial charge in [-0.05, 0) is 36.4 Å².